The lowest BCUT2D eigenvalue weighted by Gasteiger charge is -2.34. The van der Waals surface area contributed by atoms with Crippen LogP contribution in [0.15, 0.2) is 66.7 Å². The highest BCUT2D eigenvalue weighted by Crippen LogP contribution is 2.31. The number of fused-ring (bicyclic) bond motifs is 1. The Morgan fingerprint density at radius 1 is 1.00 bits per heavy atom. The number of aromatic hydroxyl groups is 2. The first kappa shape index (κ1) is 26.7. The van der Waals surface area contributed by atoms with Crippen LogP contribution in [0.4, 0.5) is 0 Å². The fourth-order valence-electron chi connectivity index (χ4n) is 4.40. The Bertz CT molecular complexity index is 1460. The van der Waals surface area contributed by atoms with Crippen molar-refractivity contribution in [3.05, 3.63) is 83.4 Å². The van der Waals surface area contributed by atoms with Crippen LogP contribution in [0.5, 0.6) is 11.5 Å². The van der Waals surface area contributed by atoms with Crippen molar-refractivity contribution in [2.45, 2.75) is 52.2 Å². The van der Waals surface area contributed by atoms with E-state index in [1.165, 1.54) is 21.7 Å². The normalized spacial score (nSPS) is 12.3. The summed E-state index contributed by atoms with van der Waals surface area (Å²) in [4.78, 5) is 29.2. The lowest BCUT2D eigenvalue weighted by molar-refractivity contribution is -0.142. The first-order valence-electron chi connectivity index (χ1n) is 12.5. The quantitative estimate of drug-likeness (QED) is 0.306. The molecule has 0 radical (unpaired) electrons. The van der Waals surface area contributed by atoms with Gasteiger partial charge in [0.15, 0.2) is 11.5 Å². The molecule has 1 aromatic heterocycles. The second-order valence-corrected chi connectivity index (χ2v) is 10.4. The molecular weight excluding hydrogens is 482 g/mol. The van der Waals surface area contributed by atoms with Gasteiger partial charge in [0, 0.05) is 12.1 Å². The lowest BCUT2D eigenvalue weighted by atomic mass is 9.99. The Balaban J connectivity index is 1.75. The number of para-hydroxylation sites is 1. The van der Waals surface area contributed by atoms with Crippen LogP contribution in [0.2, 0.25) is 0 Å². The molecule has 0 saturated carbocycles. The maximum atomic E-state index is 13.9. The van der Waals surface area contributed by atoms with Crippen molar-refractivity contribution in [3.63, 3.8) is 0 Å². The molecular formula is C29H33N5O4. The van der Waals surface area contributed by atoms with Crippen LogP contribution in [0.3, 0.4) is 0 Å². The van der Waals surface area contributed by atoms with Crippen LogP contribution in [0, 0.1) is 6.92 Å². The first-order chi connectivity index (χ1) is 18.0. The van der Waals surface area contributed by atoms with Crippen molar-refractivity contribution in [1.82, 2.24) is 25.2 Å². The summed E-state index contributed by atoms with van der Waals surface area (Å²) in [6.07, 6.45) is 0.514. The van der Waals surface area contributed by atoms with Crippen LogP contribution in [0.1, 0.15) is 43.5 Å². The number of aryl methyl sites for hydroxylation is 1. The highest BCUT2D eigenvalue weighted by molar-refractivity contribution is 5.89. The van der Waals surface area contributed by atoms with Gasteiger partial charge in [0.05, 0.1) is 5.52 Å². The number of nitrogens with zero attached hydrogens (tertiary/aromatic N) is 4. The third-order valence-corrected chi connectivity index (χ3v) is 6.28. The summed E-state index contributed by atoms with van der Waals surface area (Å²) < 4.78 is 1.52. The Morgan fingerprint density at radius 3 is 2.42 bits per heavy atom. The van der Waals surface area contributed by atoms with E-state index in [9.17, 15) is 19.8 Å². The van der Waals surface area contributed by atoms with Crippen molar-refractivity contribution in [1.29, 1.82) is 0 Å². The molecule has 0 aliphatic rings. The Hall–Kier alpha value is -4.40. The number of phenols is 2. The number of hydrogen-bond acceptors (Lipinski definition) is 6. The molecule has 0 unspecified atom stereocenters. The van der Waals surface area contributed by atoms with Crippen LogP contribution in [0.25, 0.3) is 11.0 Å². The Morgan fingerprint density at radius 2 is 1.71 bits per heavy atom. The van der Waals surface area contributed by atoms with Crippen LogP contribution in [-0.2, 0) is 22.6 Å². The van der Waals surface area contributed by atoms with E-state index in [0.29, 0.717) is 23.0 Å². The molecule has 198 valence electrons. The Labute approximate surface area is 221 Å². The van der Waals surface area contributed by atoms with E-state index in [2.05, 4.69) is 15.6 Å². The number of rotatable bonds is 8. The van der Waals surface area contributed by atoms with Crippen LogP contribution >= 0.6 is 0 Å². The van der Waals surface area contributed by atoms with Crippen LogP contribution < -0.4 is 5.32 Å². The van der Waals surface area contributed by atoms with Gasteiger partial charge in [-0.25, -0.2) is 4.68 Å². The SMILES string of the molecule is Cc1ccccc1CCN(C(=O)Cn1nnc2ccccc21)[C@H](C(=O)NC(C)(C)C)c1ccc(O)c(O)c1. The Kier molecular flexibility index (Phi) is 7.66. The van der Waals surface area contributed by atoms with E-state index in [1.807, 2.05) is 76.2 Å². The smallest absolute Gasteiger partial charge is 0.247 e. The number of hydrogen-bond donors (Lipinski definition) is 3. The summed E-state index contributed by atoms with van der Waals surface area (Å²) in [5.41, 5.74) is 3.32. The predicted molar refractivity (Wildman–Crippen MR) is 145 cm³/mol. The molecule has 0 aliphatic heterocycles. The van der Waals surface area contributed by atoms with Crippen molar-refractivity contribution >= 4 is 22.8 Å². The molecule has 3 aromatic carbocycles. The zero-order chi connectivity index (χ0) is 27.4. The molecule has 4 rings (SSSR count). The average molecular weight is 516 g/mol. The lowest BCUT2D eigenvalue weighted by Crippen LogP contribution is -2.50. The molecule has 0 bridgehead atoms. The molecule has 0 saturated heterocycles. The topological polar surface area (TPSA) is 121 Å². The summed E-state index contributed by atoms with van der Waals surface area (Å²) in [6.45, 7) is 7.69. The molecule has 0 spiro atoms. The predicted octanol–water partition coefficient (Wildman–Crippen LogP) is 3.88. The third kappa shape index (κ3) is 6.11. The minimum atomic E-state index is -1.06. The molecule has 4 aromatic rings. The van der Waals surface area contributed by atoms with Gasteiger partial charge in [-0.3, -0.25) is 9.59 Å². The van der Waals surface area contributed by atoms with Crippen molar-refractivity contribution < 1.29 is 19.8 Å². The van der Waals surface area contributed by atoms with Gasteiger partial charge in [0.2, 0.25) is 11.8 Å². The standard InChI is InChI=1S/C29H33N5O4/c1-19-9-5-6-10-20(19)15-16-33(26(37)18-34-23-12-8-7-11-22(23)31-32-34)27(28(38)30-29(2,3)4)21-13-14-24(35)25(36)17-21/h5-14,17,27,35-36H,15-16,18H2,1-4H3,(H,30,38)/t27-/m0/s1. The van der Waals surface area contributed by atoms with Gasteiger partial charge in [0.1, 0.15) is 18.1 Å². The molecule has 1 heterocycles. The molecule has 9 heteroatoms. The zero-order valence-electron chi connectivity index (χ0n) is 22.0. The average Bonchev–Trinajstić information content (AvgIpc) is 3.26. The van der Waals surface area contributed by atoms with E-state index in [4.69, 9.17) is 0 Å². The number of amides is 2. The van der Waals surface area contributed by atoms with E-state index < -0.39 is 17.5 Å². The van der Waals surface area contributed by atoms with Gasteiger partial charge in [-0.2, -0.15) is 0 Å². The largest absolute Gasteiger partial charge is 0.504 e. The molecule has 9 nitrogen and oxygen atoms in total. The summed E-state index contributed by atoms with van der Waals surface area (Å²) >= 11 is 0. The molecule has 0 aliphatic carbocycles. The number of nitrogens with one attached hydrogen (secondary N) is 1. The molecule has 2 amide bonds. The van der Waals surface area contributed by atoms with Crippen molar-refractivity contribution in [2.75, 3.05) is 6.54 Å². The summed E-state index contributed by atoms with van der Waals surface area (Å²) in [6, 6.07) is 18.4. The fourth-order valence-corrected chi connectivity index (χ4v) is 4.40. The van der Waals surface area contributed by atoms with Gasteiger partial charge in [0.25, 0.3) is 0 Å². The summed E-state index contributed by atoms with van der Waals surface area (Å²) in [7, 11) is 0. The fraction of sp³-hybridized carbons (Fsp3) is 0.310. The molecule has 0 fully saturated rings. The number of carbonyl (C=O) groups excluding carboxylic acids is 2. The van der Waals surface area contributed by atoms with Gasteiger partial charge < -0.3 is 20.4 Å². The van der Waals surface area contributed by atoms with E-state index in [1.54, 1.807) is 6.07 Å². The maximum absolute atomic E-state index is 13.9. The van der Waals surface area contributed by atoms with Crippen LogP contribution in [-0.4, -0.2) is 54.0 Å². The molecule has 1 atom stereocenters. The van der Waals surface area contributed by atoms with Gasteiger partial charge in [-0.1, -0.05) is 47.7 Å². The third-order valence-electron chi connectivity index (χ3n) is 6.28. The van der Waals surface area contributed by atoms with E-state index >= 15 is 0 Å². The number of carbonyl (C=O) groups is 2. The van der Waals surface area contributed by atoms with Crippen molar-refractivity contribution in [3.8, 4) is 11.5 Å². The molecule has 3 N–H and O–H groups in total. The summed E-state index contributed by atoms with van der Waals surface area (Å²) in [5.74, 6) is -1.42. The number of phenolic OH excluding ortho intramolecular Hbond substituents is 2. The minimum Gasteiger partial charge on any atom is -0.504 e. The molecule has 38 heavy (non-hydrogen) atoms. The van der Waals surface area contributed by atoms with Gasteiger partial charge in [-0.15, -0.1) is 5.10 Å². The zero-order valence-corrected chi connectivity index (χ0v) is 22.0. The highest BCUT2D eigenvalue weighted by atomic mass is 16.3. The number of benzene rings is 3. The highest BCUT2D eigenvalue weighted by Gasteiger charge is 2.34. The minimum absolute atomic E-state index is 0.127. The second-order valence-electron chi connectivity index (χ2n) is 10.4. The number of aromatic nitrogens is 3. The first-order valence-corrected chi connectivity index (χ1v) is 12.5. The second kappa shape index (κ2) is 10.9. The van der Waals surface area contributed by atoms with Crippen molar-refractivity contribution in [2.24, 2.45) is 0 Å². The monoisotopic (exact) mass is 515 g/mol. The van der Waals surface area contributed by atoms with Gasteiger partial charge in [-0.05, 0) is 75.1 Å². The maximum Gasteiger partial charge on any atom is 0.247 e. The van der Waals surface area contributed by atoms with Gasteiger partial charge >= 0.3 is 0 Å². The summed E-state index contributed by atoms with van der Waals surface area (Å²) in [5, 5.41) is 31.4. The van der Waals surface area contributed by atoms with E-state index in [0.717, 1.165) is 11.1 Å². The van der Waals surface area contributed by atoms with E-state index in [-0.39, 0.29) is 30.5 Å².